The summed E-state index contributed by atoms with van der Waals surface area (Å²) in [7, 11) is -1.83. The molecular formula is C10H13NO4S. The summed E-state index contributed by atoms with van der Waals surface area (Å²) in [5, 5.41) is 8.72. The van der Waals surface area contributed by atoms with E-state index in [0.717, 1.165) is 4.90 Å². The minimum Gasteiger partial charge on any atom is -0.465 e. The summed E-state index contributed by atoms with van der Waals surface area (Å²) >= 11 is 0. The molecule has 0 unspecified atom stereocenters. The van der Waals surface area contributed by atoms with E-state index in [1.54, 1.807) is 6.92 Å². The van der Waals surface area contributed by atoms with Crippen LogP contribution in [0, 0.1) is 0 Å². The fourth-order valence-electron chi connectivity index (χ4n) is 1.15. The number of benzene rings is 1. The van der Waals surface area contributed by atoms with Crippen molar-refractivity contribution in [3.63, 3.8) is 0 Å². The highest BCUT2D eigenvalue weighted by molar-refractivity contribution is 7.91. The van der Waals surface area contributed by atoms with Crippen LogP contribution in [0.25, 0.3) is 0 Å². The molecule has 0 aliphatic heterocycles. The zero-order valence-corrected chi connectivity index (χ0v) is 9.86. The molecule has 0 aliphatic rings. The third kappa shape index (κ3) is 2.52. The van der Waals surface area contributed by atoms with Gasteiger partial charge in [0.2, 0.25) is 0 Å². The minimum atomic E-state index is -3.23. The molecule has 0 aromatic heterocycles. The molecule has 0 saturated heterocycles. The van der Waals surface area contributed by atoms with E-state index in [2.05, 4.69) is 0 Å². The van der Waals surface area contributed by atoms with Gasteiger partial charge in [-0.2, -0.15) is 0 Å². The van der Waals surface area contributed by atoms with E-state index in [1.165, 1.54) is 31.3 Å². The van der Waals surface area contributed by atoms with Gasteiger partial charge in [-0.3, -0.25) is 4.90 Å². The largest absolute Gasteiger partial charge is 0.465 e. The first-order valence-corrected chi connectivity index (χ1v) is 6.33. The molecule has 0 atom stereocenters. The molecule has 1 N–H and O–H groups in total. The number of carboxylic acid groups (broad SMARTS) is 1. The Bertz CT molecular complexity index is 478. The van der Waals surface area contributed by atoms with Gasteiger partial charge in [0, 0.05) is 12.7 Å². The highest BCUT2D eigenvalue weighted by atomic mass is 32.2. The lowest BCUT2D eigenvalue weighted by molar-refractivity contribution is 0.203. The summed E-state index contributed by atoms with van der Waals surface area (Å²) in [6, 6.07) is 5.76. The van der Waals surface area contributed by atoms with Gasteiger partial charge in [0.15, 0.2) is 9.84 Å². The predicted octanol–water partition coefficient (Wildman–Crippen LogP) is 1.59. The Kier molecular flexibility index (Phi) is 3.54. The summed E-state index contributed by atoms with van der Waals surface area (Å²) in [4.78, 5) is 11.9. The maximum Gasteiger partial charge on any atom is 0.411 e. The van der Waals surface area contributed by atoms with E-state index in [-0.39, 0.29) is 10.6 Å². The van der Waals surface area contributed by atoms with Crippen molar-refractivity contribution in [2.45, 2.75) is 11.8 Å². The number of amides is 1. The number of sulfone groups is 1. The van der Waals surface area contributed by atoms with Crippen LogP contribution >= 0.6 is 0 Å². The molecular weight excluding hydrogens is 230 g/mol. The third-order valence-corrected chi connectivity index (χ3v) is 4.00. The van der Waals surface area contributed by atoms with Crippen molar-refractivity contribution in [2.75, 3.05) is 17.7 Å². The molecule has 0 spiro atoms. The number of nitrogens with zero attached hydrogens (tertiary/aromatic N) is 1. The molecule has 0 heterocycles. The lowest BCUT2D eigenvalue weighted by Crippen LogP contribution is -2.23. The van der Waals surface area contributed by atoms with E-state index in [4.69, 9.17) is 5.11 Å². The Morgan fingerprint density at radius 2 is 1.81 bits per heavy atom. The van der Waals surface area contributed by atoms with Crippen molar-refractivity contribution in [2.24, 2.45) is 0 Å². The van der Waals surface area contributed by atoms with E-state index < -0.39 is 15.9 Å². The number of anilines is 1. The van der Waals surface area contributed by atoms with E-state index in [0.29, 0.717) is 5.69 Å². The molecule has 0 saturated carbocycles. The monoisotopic (exact) mass is 243 g/mol. The quantitative estimate of drug-likeness (QED) is 0.874. The second kappa shape index (κ2) is 4.52. The molecule has 0 fully saturated rings. The maximum absolute atomic E-state index is 11.5. The Labute approximate surface area is 94.2 Å². The SMILES string of the molecule is CCS(=O)(=O)c1ccc(N(C)C(=O)O)cc1. The molecule has 5 nitrogen and oxygen atoms in total. The van der Waals surface area contributed by atoms with Crippen molar-refractivity contribution < 1.29 is 18.3 Å². The first-order valence-electron chi connectivity index (χ1n) is 4.68. The van der Waals surface area contributed by atoms with Crippen LogP contribution in [-0.4, -0.2) is 32.4 Å². The molecule has 1 rings (SSSR count). The van der Waals surface area contributed by atoms with E-state index in [9.17, 15) is 13.2 Å². The average Bonchev–Trinajstić information content (AvgIpc) is 2.28. The number of rotatable bonds is 3. The molecule has 16 heavy (non-hydrogen) atoms. The first kappa shape index (κ1) is 12.5. The van der Waals surface area contributed by atoms with Crippen LogP contribution in [-0.2, 0) is 9.84 Å². The molecule has 1 aromatic rings. The van der Waals surface area contributed by atoms with Crippen LogP contribution in [0.1, 0.15) is 6.92 Å². The summed E-state index contributed by atoms with van der Waals surface area (Å²) in [5.41, 5.74) is 0.433. The van der Waals surface area contributed by atoms with Gasteiger partial charge in [0.05, 0.1) is 10.6 Å². The topological polar surface area (TPSA) is 74.7 Å². The number of carbonyl (C=O) groups is 1. The summed E-state index contributed by atoms with van der Waals surface area (Å²) < 4.78 is 23.0. The molecule has 88 valence electrons. The van der Waals surface area contributed by atoms with E-state index >= 15 is 0 Å². The Morgan fingerprint density at radius 3 is 2.19 bits per heavy atom. The maximum atomic E-state index is 11.5. The van der Waals surface area contributed by atoms with Gasteiger partial charge in [-0.1, -0.05) is 6.92 Å². The minimum absolute atomic E-state index is 0.0289. The molecule has 0 aliphatic carbocycles. The zero-order valence-electron chi connectivity index (χ0n) is 9.04. The van der Waals surface area contributed by atoms with Crippen LogP contribution in [0.2, 0.25) is 0 Å². The van der Waals surface area contributed by atoms with Crippen LogP contribution in [0.5, 0.6) is 0 Å². The second-order valence-corrected chi connectivity index (χ2v) is 5.52. The summed E-state index contributed by atoms with van der Waals surface area (Å²) in [6.45, 7) is 1.56. The van der Waals surface area contributed by atoms with E-state index in [1.807, 2.05) is 0 Å². The summed E-state index contributed by atoms with van der Waals surface area (Å²) in [5.74, 6) is 0.0289. The molecule has 1 aromatic carbocycles. The highest BCUT2D eigenvalue weighted by Gasteiger charge is 2.13. The van der Waals surface area contributed by atoms with Gasteiger partial charge >= 0.3 is 6.09 Å². The lowest BCUT2D eigenvalue weighted by atomic mass is 10.3. The standard InChI is InChI=1S/C10H13NO4S/c1-3-16(14,15)9-6-4-8(5-7-9)11(2)10(12)13/h4-7H,3H2,1-2H3,(H,12,13). The first-order chi connectivity index (χ1) is 7.38. The average molecular weight is 243 g/mol. The fraction of sp³-hybridized carbons (Fsp3) is 0.300. The Hall–Kier alpha value is -1.56. The Morgan fingerprint density at radius 1 is 1.31 bits per heavy atom. The van der Waals surface area contributed by atoms with Crippen LogP contribution in [0.15, 0.2) is 29.2 Å². The second-order valence-electron chi connectivity index (χ2n) is 3.24. The van der Waals surface area contributed by atoms with Gasteiger partial charge in [-0.15, -0.1) is 0 Å². The van der Waals surface area contributed by atoms with Crippen molar-refractivity contribution in [1.29, 1.82) is 0 Å². The van der Waals surface area contributed by atoms with Crippen molar-refractivity contribution in [1.82, 2.24) is 0 Å². The van der Waals surface area contributed by atoms with Crippen LogP contribution in [0.4, 0.5) is 10.5 Å². The van der Waals surface area contributed by atoms with Gasteiger partial charge in [-0.05, 0) is 24.3 Å². The molecule has 0 bridgehead atoms. The third-order valence-electron chi connectivity index (χ3n) is 2.25. The van der Waals surface area contributed by atoms with Crippen molar-refractivity contribution in [3.05, 3.63) is 24.3 Å². The van der Waals surface area contributed by atoms with Crippen LogP contribution in [0.3, 0.4) is 0 Å². The number of hydrogen-bond donors (Lipinski definition) is 1. The highest BCUT2D eigenvalue weighted by Crippen LogP contribution is 2.17. The van der Waals surface area contributed by atoms with Gasteiger partial charge < -0.3 is 5.11 Å². The van der Waals surface area contributed by atoms with Gasteiger partial charge in [0.1, 0.15) is 0 Å². The summed E-state index contributed by atoms with van der Waals surface area (Å²) in [6.07, 6.45) is -1.09. The van der Waals surface area contributed by atoms with Gasteiger partial charge in [0.25, 0.3) is 0 Å². The Balaban J connectivity index is 3.05. The molecule has 1 amide bonds. The van der Waals surface area contributed by atoms with Crippen molar-refractivity contribution >= 4 is 21.6 Å². The predicted molar refractivity (Wildman–Crippen MR) is 60.6 cm³/mol. The normalized spacial score (nSPS) is 11.1. The number of hydrogen-bond acceptors (Lipinski definition) is 3. The van der Waals surface area contributed by atoms with Crippen LogP contribution < -0.4 is 4.90 Å². The smallest absolute Gasteiger partial charge is 0.411 e. The molecule has 0 radical (unpaired) electrons. The fourth-order valence-corrected chi connectivity index (χ4v) is 2.04. The van der Waals surface area contributed by atoms with Crippen molar-refractivity contribution in [3.8, 4) is 0 Å². The van der Waals surface area contributed by atoms with Gasteiger partial charge in [-0.25, -0.2) is 13.2 Å². The molecule has 6 heteroatoms. The lowest BCUT2D eigenvalue weighted by Gasteiger charge is -2.13. The zero-order chi connectivity index (χ0) is 12.3.